The largest absolute Gasteiger partial charge is 0.506 e. The maximum atomic E-state index is 12.2. The number of nitrogens with one attached hydrogen (secondary N) is 1. The number of benzene rings is 2. The van der Waals surface area contributed by atoms with Crippen LogP contribution in [0.1, 0.15) is 15.9 Å². The standard InChI is InChI=1S/C17H9Br3N2O4/c18-10-1-2-14-8(3-10)5-12(17(25)26-14)16(24)22-21-7-9-4-11(19)6-13(20)15(9)23/h1-7,23H,(H,22,24)/b21-7+. The molecule has 0 saturated carbocycles. The Hall–Kier alpha value is -1.97. The average molecular weight is 545 g/mol. The molecule has 2 N–H and O–H groups in total. The van der Waals surface area contributed by atoms with Crippen LogP contribution in [0, 0.1) is 0 Å². The lowest BCUT2D eigenvalue weighted by Crippen LogP contribution is -2.24. The van der Waals surface area contributed by atoms with Crippen molar-refractivity contribution in [1.29, 1.82) is 0 Å². The van der Waals surface area contributed by atoms with Crippen molar-refractivity contribution in [2.45, 2.75) is 0 Å². The topological polar surface area (TPSA) is 91.9 Å². The Morgan fingerprint density at radius 3 is 2.65 bits per heavy atom. The van der Waals surface area contributed by atoms with Crippen LogP contribution in [-0.2, 0) is 0 Å². The lowest BCUT2D eigenvalue weighted by Gasteiger charge is -2.04. The highest BCUT2D eigenvalue weighted by Crippen LogP contribution is 2.30. The molecule has 26 heavy (non-hydrogen) atoms. The lowest BCUT2D eigenvalue weighted by molar-refractivity contribution is 0.0951. The Kier molecular flexibility index (Phi) is 5.59. The van der Waals surface area contributed by atoms with Crippen molar-refractivity contribution in [3.05, 3.63) is 71.4 Å². The Balaban J connectivity index is 1.86. The summed E-state index contributed by atoms with van der Waals surface area (Å²) in [5.41, 5.74) is 2.07. The van der Waals surface area contributed by atoms with Crippen LogP contribution in [0.4, 0.5) is 0 Å². The third kappa shape index (κ3) is 4.05. The van der Waals surface area contributed by atoms with E-state index >= 15 is 0 Å². The number of phenols is 1. The normalized spacial score (nSPS) is 11.2. The molecule has 1 heterocycles. The highest BCUT2D eigenvalue weighted by Gasteiger charge is 2.13. The van der Waals surface area contributed by atoms with Gasteiger partial charge in [-0.25, -0.2) is 10.2 Å². The Morgan fingerprint density at radius 2 is 1.88 bits per heavy atom. The van der Waals surface area contributed by atoms with E-state index in [2.05, 4.69) is 58.3 Å². The number of carbonyl (C=O) groups excluding carboxylic acids is 1. The SMILES string of the molecule is O=C(N/N=C/c1cc(Br)cc(Br)c1O)c1cc2cc(Br)ccc2oc1=O. The summed E-state index contributed by atoms with van der Waals surface area (Å²) >= 11 is 9.83. The third-order valence-electron chi connectivity index (χ3n) is 3.37. The van der Waals surface area contributed by atoms with Gasteiger partial charge in [-0.15, -0.1) is 0 Å². The fraction of sp³-hybridized carbons (Fsp3) is 0. The van der Waals surface area contributed by atoms with Gasteiger partial charge in [0.1, 0.15) is 16.9 Å². The second-order valence-corrected chi connectivity index (χ2v) is 7.84. The van der Waals surface area contributed by atoms with Crippen molar-refractivity contribution in [2.24, 2.45) is 5.10 Å². The van der Waals surface area contributed by atoms with Crippen LogP contribution in [0.5, 0.6) is 5.75 Å². The number of rotatable bonds is 3. The molecule has 1 aromatic heterocycles. The number of halogens is 3. The molecule has 3 rings (SSSR count). The van der Waals surface area contributed by atoms with E-state index in [1.165, 1.54) is 12.3 Å². The number of fused-ring (bicyclic) bond motifs is 1. The van der Waals surface area contributed by atoms with Crippen LogP contribution in [0.3, 0.4) is 0 Å². The first kappa shape index (κ1) is 18.8. The highest BCUT2D eigenvalue weighted by atomic mass is 79.9. The van der Waals surface area contributed by atoms with Crippen LogP contribution < -0.4 is 11.1 Å². The molecule has 1 amide bonds. The van der Waals surface area contributed by atoms with Crippen molar-refractivity contribution in [1.82, 2.24) is 5.43 Å². The van der Waals surface area contributed by atoms with Gasteiger partial charge in [0.25, 0.3) is 5.91 Å². The molecule has 0 aliphatic rings. The molecule has 132 valence electrons. The van der Waals surface area contributed by atoms with Gasteiger partial charge in [0.15, 0.2) is 0 Å². The molecular weight excluding hydrogens is 536 g/mol. The molecule has 9 heteroatoms. The summed E-state index contributed by atoms with van der Waals surface area (Å²) in [6, 6.07) is 9.83. The number of hydrogen-bond donors (Lipinski definition) is 2. The zero-order valence-corrected chi connectivity index (χ0v) is 17.6. The number of nitrogens with zero attached hydrogens (tertiary/aromatic N) is 1. The monoisotopic (exact) mass is 542 g/mol. The van der Waals surface area contributed by atoms with Crippen LogP contribution >= 0.6 is 47.8 Å². The van der Waals surface area contributed by atoms with E-state index in [4.69, 9.17) is 4.42 Å². The second kappa shape index (κ2) is 7.73. The smallest absolute Gasteiger partial charge is 0.349 e. The summed E-state index contributed by atoms with van der Waals surface area (Å²) < 4.78 is 7.12. The zero-order valence-electron chi connectivity index (χ0n) is 12.8. The minimum Gasteiger partial charge on any atom is -0.506 e. The van der Waals surface area contributed by atoms with Crippen LogP contribution in [0.25, 0.3) is 11.0 Å². The molecular formula is C17H9Br3N2O4. The zero-order chi connectivity index (χ0) is 18.8. The van der Waals surface area contributed by atoms with Gasteiger partial charge >= 0.3 is 5.63 Å². The van der Waals surface area contributed by atoms with Crippen molar-refractivity contribution in [3.63, 3.8) is 0 Å². The van der Waals surface area contributed by atoms with Crippen LogP contribution in [0.2, 0.25) is 0 Å². The quantitative estimate of drug-likeness (QED) is 0.287. The minimum absolute atomic E-state index is 0.0266. The maximum Gasteiger partial charge on any atom is 0.349 e. The number of amides is 1. The fourth-order valence-corrected chi connectivity index (χ4v) is 3.79. The predicted molar refractivity (Wildman–Crippen MR) is 109 cm³/mol. The van der Waals surface area contributed by atoms with E-state index in [9.17, 15) is 14.7 Å². The van der Waals surface area contributed by atoms with Gasteiger partial charge in [-0.1, -0.05) is 31.9 Å². The summed E-state index contributed by atoms with van der Waals surface area (Å²) in [5.74, 6) is -0.744. The number of aromatic hydroxyl groups is 1. The molecule has 0 unspecified atom stereocenters. The van der Waals surface area contributed by atoms with E-state index in [1.807, 2.05) is 0 Å². The van der Waals surface area contributed by atoms with Gasteiger partial charge in [0.2, 0.25) is 0 Å². The van der Waals surface area contributed by atoms with Crippen molar-refractivity contribution in [2.75, 3.05) is 0 Å². The summed E-state index contributed by atoms with van der Waals surface area (Å²) in [4.78, 5) is 24.2. The maximum absolute atomic E-state index is 12.2. The van der Waals surface area contributed by atoms with Gasteiger partial charge in [-0.05, 0) is 52.3 Å². The van der Waals surface area contributed by atoms with E-state index < -0.39 is 11.5 Å². The molecule has 0 aliphatic carbocycles. The summed E-state index contributed by atoms with van der Waals surface area (Å²) in [5, 5.41) is 14.3. The van der Waals surface area contributed by atoms with E-state index in [1.54, 1.807) is 30.3 Å². The van der Waals surface area contributed by atoms with Crippen molar-refractivity contribution in [3.8, 4) is 5.75 Å². The van der Waals surface area contributed by atoms with Crippen LogP contribution in [0.15, 0.2) is 64.1 Å². The molecule has 0 spiro atoms. The van der Waals surface area contributed by atoms with Gasteiger partial charge < -0.3 is 9.52 Å². The van der Waals surface area contributed by atoms with Gasteiger partial charge in [0.05, 0.1) is 10.7 Å². The fourth-order valence-electron chi connectivity index (χ4n) is 2.16. The molecule has 0 bridgehead atoms. The first-order valence-electron chi connectivity index (χ1n) is 7.10. The minimum atomic E-state index is -0.763. The Morgan fingerprint density at radius 1 is 1.12 bits per heavy atom. The molecule has 3 aromatic rings. The third-order valence-corrected chi connectivity index (χ3v) is 4.92. The van der Waals surface area contributed by atoms with Gasteiger partial charge in [-0.3, -0.25) is 4.79 Å². The number of phenolic OH excluding ortho intramolecular Hbond substituents is 1. The lowest BCUT2D eigenvalue weighted by atomic mass is 10.2. The molecule has 0 aliphatic heterocycles. The molecule has 6 nitrogen and oxygen atoms in total. The molecule has 0 saturated heterocycles. The van der Waals surface area contributed by atoms with Gasteiger partial charge in [-0.2, -0.15) is 5.10 Å². The van der Waals surface area contributed by atoms with Crippen molar-refractivity contribution >= 4 is 70.9 Å². The summed E-state index contributed by atoms with van der Waals surface area (Å²) in [7, 11) is 0. The molecule has 0 atom stereocenters. The van der Waals surface area contributed by atoms with Crippen LogP contribution in [-0.4, -0.2) is 17.2 Å². The van der Waals surface area contributed by atoms with E-state index in [-0.39, 0.29) is 11.3 Å². The highest BCUT2D eigenvalue weighted by molar-refractivity contribution is 9.11. The Bertz CT molecular complexity index is 1110. The summed E-state index contributed by atoms with van der Waals surface area (Å²) in [6.45, 7) is 0. The Labute approximate surface area is 172 Å². The van der Waals surface area contributed by atoms with E-state index in [0.717, 1.165) is 8.95 Å². The number of carbonyl (C=O) groups is 1. The average Bonchev–Trinajstić information content (AvgIpc) is 2.58. The molecule has 0 radical (unpaired) electrons. The van der Waals surface area contributed by atoms with E-state index in [0.29, 0.717) is 21.0 Å². The predicted octanol–water partition coefficient (Wildman–Crippen LogP) is 4.55. The molecule has 2 aromatic carbocycles. The summed E-state index contributed by atoms with van der Waals surface area (Å²) in [6.07, 6.45) is 1.27. The molecule has 0 fully saturated rings. The first-order chi connectivity index (χ1) is 12.3. The number of hydrazone groups is 1. The number of hydrogen-bond acceptors (Lipinski definition) is 5. The second-order valence-electron chi connectivity index (χ2n) is 5.15. The first-order valence-corrected chi connectivity index (χ1v) is 9.48. The van der Waals surface area contributed by atoms with Gasteiger partial charge in [0, 0.05) is 19.9 Å². The van der Waals surface area contributed by atoms with Crippen molar-refractivity contribution < 1.29 is 14.3 Å².